The lowest BCUT2D eigenvalue weighted by Gasteiger charge is -2.28. The van der Waals surface area contributed by atoms with Crippen LogP contribution in [-0.4, -0.2) is 27.3 Å². The number of nitrogens with zero attached hydrogens (tertiary/aromatic N) is 4. The molecular formula is C24H32N4OS. The van der Waals surface area contributed by atoms with Crippen molar-refractivity contribution in [3.05, 3.63) is 41.2 Å². The standard InChI is InChI=1S/C24H32N4OS/c1-17-11-13-21(14-12-17)27(16-8-15-25)23(29)20(4)30-24-26-18(2)19(3)28(24)22-9-6-5-7-10-22/h11-14,20,22H,5-10,16H2,1-4H3. The zero-order valence-corrected chi connectivity index (χ0v) is 19.3. The highest BCUT2D eigenvalue weighted by atomic mass is 32.2. The first-order chi connectivity index (χ1) is 14.4. The summed E-state index contributed by atoms with van der Waals surface area (Å²) >= 11 is 1.54. The molecule has 1 aliphatic rings. The van der Waals surface area contributed by atoms with Gasteiger partial charge in [0.2, 0.25) is 5.91 Å². The summed E-state index contributed by atoms with van der Waals surface area (Å²) < 4.78 is 2.37. The van der Waals surface area contributed by atoms with E-state index in [-0.39, 0.29) is 11.2 Å². The number of aryl methyl sites for hydroxylation is 2. The van der Waals surface area contributed by atoms with E-state index in [1.54, 1.807) is 16.7 Å². The minimum absolute atomic E-state index is 0.0209. The van der Waals surface area contributed by atoms with E-state index in [4.69, 9.17) is 10.2 Å². The predicted molar refractivity (Wildman–Crippen MR) is 123 cm³/mol. The number of hydrogen-bond donors (Lipinski definition) is 0. The summed E-state index contributed by atoms with van der Waals surface area (Å²) in [6.07, 6.45) is 6.51. The molecule has 0 bridgehead atoms. The third-order valence-electron chi connectivity index (χ3n) is 5.98. The Labute approximate surface area is 184 Å². The molecule has 1 unspecified atom stereocenters. The maximum absolute atomic E-state index is 13.4. The summed E-state index contributed by atoms with van der Waals surface area (Å²) in [6, 6.07) is 10.6. The fourth-order valence-electron chi connectivity index (χ4n) is 4.13. The highest BCUT2D eigenvalue weighted by Crippen LogP contribution is 2.36. The third kappa shape index (κ3) is 5.07. The molecule has 0 spiro atoms. The fourth-order valence-corrected chi connectivity index (χ4v) is 5.26. The van der Waals surface area contributed by atoms with Gasteiger partial charge < -0.3 is 9.47 Å². The van der Waals surface area contributed by atoms with E-state index in [2.05, 4.69) is 24.5 Å². The summed E-state index contributed by atoms with van der Waals surface area (Å²) in [7, 11) is 0. The summed E-state index contributed by atoms with van der Waals surface area (Å²) in [5.41, 5.74) is 4.25. The molecule has 0 aliphatic heterocycles. The fraction of sp³-hybridized carbons (Fsp3) is 0.542. The number of carbonyl (C=O) groups is 1. The quantitative estimate of drug-likeness (QED) is 0.532. The summed E-state index contributed by atoms with van der Waals surface area (Å²) in [5, 5.41) is 9.73. The second kappa shape index (κ2) is 10.2. The molecular weight excluding hydrogens is 392 g/mol. The van der Waals surface area contributed by atoms with Crippen LogP contribution in [0.3, 0.4) is 0 Å². The number of nitriles is 1. The molecule has 1 aliphatic carbocycles. The molecule has 2 aromatic rings. The third-order valence-corrected chi connectivity index (χ3v) is 7.04. The second-order valence-corrected chi connectivity index (χ2v) is 9.53. The van der Waals surface area contributed by atoms with Crippen molar-refractivity contribution >= 4 is 23.4 Å². The number of thioether (sulfide) groups is 1. The maximum Gasteiger partial charge on any atom is 0.240 e. The van der Waals surface area contributed by atoms with E-state index in [0.29, 0.717) is 19.0 Å². The van der Waals surface area contributed by atoms with E-state index in [9.17, 15) is 4.79 Å². The number of rotatable bonds is 7. The lowest BCUT2D eigenvalue weighted by Crippen LogP contribution is -2.37. The first-order valence-corrected chi connectivity index (χ1v) is 11.8. The number of carbonyl (C=O) groups excluding carboxylic acids is 1. The Bertz CT molecular complexity index is 907. The van der Waals surface area contributed by atoms with Crippen molar-refractivity contribution in [3.8, 4) is 6.07 Å². The molecule has 5 nitrogen and oxygen atoms in total. The molecule has 0 radical (unpaired) electrons. The van der Waals surface area contributed by atoms with Crippen molar-refractivity contribution in [1.82, 2.24) is 9.55 Å². The molecule has 0 saturated heterocycles. The highest BCUT2D eigenvalue weighted by molar-refractivity contribution is 8.00. The summed E-state index contributed by atoms with van der Waals surface area (Å²) in [5.74, 6) is 0.0209. The summed E-state index contributed by atoms with van der Waals surface area (Å²) in [6.45, 7) is 8.57. The highest BCUT2D eigenvalue weighted by Gasteiger charge is 2.27. The summed E-state index contributed by atoms with van der Waals surface area (Å²) in [4.78, 5) is 19.9. The predicted octanol–water partition coefficient (Wildman–Crippen LogP) is 5.74. The van der Waals surface area contributed by atoms with E-state index in [0.717, 1.165) is 22.1 Å². The smallest absolute Gasteiger partial charge is 0.240 e. The van der Waals surface area contributed by atoms with Crippen LogP contribution in [0.2, 0.25) is 0 Å². The first-order valence-electron chi connectivity index (χ1n) is 10.9. The molecule has 1 aromatic heterocycles. The van der Waals surface area contributed by atoms with Gasteiger partial charge in [0.25, 0.3) is 0 Å². The molecule has 1 atom stereocenters. The lowest BCUT2D eigenvalue weighted by atomic mass is 9.95. The van der Waals surface area contributed by atoms with Crippen molar-refractivity contribution in [1.29, 1.82) is 5.26 Å². The molecule has 0 N–H and O–H groups in total. The van der Waals surface area contributed by atoms with Gasteiger partial charge in [0.1, 0.15) is 0 Å². The van der Waals surface area contributed by atoms with Crippen molar-refractivity contribution < 1.29 is 4.79 Å². The van der Waals surface area contributed by atoms with Crippen LogP contribution in [0.1, 0.15) is 68.4 Å². The van der Waals surface area contributed by atoms with Crippen LogP contribution in [0.4, 0.5) is 5.69 Å². The molecule has 1 aromatic carbocycles. The van der Waals surface area contributed by atoms with Crippen molar-refractivity contribution in [2.75, 3.05) is 11.4 Å². The van der Waals surface area contributed by atoms with E-state index < -0.39 is 0 Å². The zero-order chi connectivity index (χ0) is 21.7. The van der Waals surface area contributed by atoms with Crippen LogP contribution in [-0.2, 0) is 4.79 Å². The Kier molecular flexibility index (Phi) is 7.60. The van der Waals surface area contributed by atoms with Crippen LogP contribution in [0.5, 0.6) is 0 Å². The topological polar surface area (TPSA) is 61.9 Å². The van der Waals surface area contributed by atoms with Crippen LogP contribution in [0, 0.1) is 32.1 Å². The monoisotopic (exact) mass is 424 g/mol. The average Bonchev–Trinajstić information content (AvgIpc) is 3.03. The lowest BCUT2D eigenvalue weighted by molar-refractivity contribution is -0.117. The maximum atomic E-state index is 13.4. The minimum Gasteiger partial charge on any atom is -0.320 e. The first kappa shape index (κ1) is 22.4. The van der Waals surface area contributed by atoms with E-state index in [1.165, 1.54) is 37.8 Å². The average molecular weight is 425 g/mol. The Morgan fingerprint density at radius 2 is 1.90 bits per heavy atom. The van der Waals surface area contributed by atoms with Crippen molar-refractivity contribution in [2.24, 2.45) is 0 Å². The van der Waals surface area contributed by atoms with Crippen LogP contribution < -0.4 is 4.90 Å². The molecule has 1 saturated carbocycles. The number of amides is 1. The number of benzene rings is 1. The van der Waals surface area contributed by atoms with Gasteiger partial charge >= 0.3 is 0 Å². The van der Waals surface area contributed by atoms with Crippen molar-refractivity contribution in [2.45, 2.75) is 82.7 Å². The van der Waals surface area contributed by atoms with Gasteiger partial charge in [-0.1, -0.05) is 48.7 Å². The Hall–Kier alpha value is -2.26. The van der Waals surface area contributed by atoms with Crippen molar-refractivity contribution in [3.63, 3.8) is 0 Å². The molecule has 30 heavy (non-hydrogen) atoms. The van der Waals surface area contributed by atoms with Gasteiger partial charge in [-0.3, -0.25) is 4.79 Å². The number of anilines is 1. The largest absolute Gasteiger partial charge is 0.320 e. The van der Waals surface area contributed by atoms with Gasteiger partial charge in [0.05, 0.1) is 23.4 Å². The molecule has 3 rings (SSSR count). The van der Waals surface area contributed by atoms with Crippen LogP contribution >= 0.6 is 11.8 Å². The minimum atomic E-state index is -0.284. The van der Waals surface area contributed by atoms with Crippen LogP contribution in [0.25, 0.3) is 0 Å². The molecule has 1 fully saturated rings. The van der Waals surface area contributed by atoms with Gasteiger partial charge in [0, 0.05) is 24.0 Å². The van der Waals surface area contributed by atoms with Gasteiger partial charge in [-0.15, -0.1) is 0 Å². The Morgan fingerprint density at radius 3 is 2.53 bits per heavy atom. The molecule has 6 heteroatoms. The Balaban J connectivity index is 1.82. The zero-order valence-electron chi connectivity index (χ0n) is 18.5. The van der Waals surface area contributed by atoms with E-state index in [1.807, 2.05) is 38.1 Å². The molecule has 160 valence electrons. The number of imidazole rings is 1. The van der Waals surface area contributed by atoms with Crippen LogP contribution in [0.15, 0.2) is 29.4 Å². The van der Waals surface area contributed by atoms with Gasteiger partial charge in [-0.25, -0.2) is 4.98 Å². The molecule has 1 amide bonds. The Morgan fingerprint density at radius 1 is 1.23 bits per heavy atom. The van der Waals surface area contributed by atoms with E-state index >= 15 is 0 Å². The van der Waals surface area contributed by atoms with Gasteiger partial charge in [-0.2, -0.15) is 5.26 Å². The molecule has 1 heterocycles. The number of aromatic nitrogens is 2. The van der Waals surface area contributed by atoms with Gasteiger partial charge in [0.15, 0.2) is 5.16 Å². The van der Waals surface area contributed by atoms with Gasteiger partial charge in [-0.05, 0) is 52.7 Å². The number of hydrogen-bond acceptors (Lipinski definition) is 4. The SMILES string of the molecule is Cc1ccc(N(CCC#N)C(=O)C(C)Sc2nc(C)c(C)n2C2CCCCC2)cc1. The second-order valence-electron chi connectivity index (χ2n) is 8.22. The normalized spacial score (nSPS) is 15.6.